The van der Waals surface area contributed by atoms with Gasteiger partial charge in [-0.05, 0) is 12.5 Å². The molecule has 0 aliphatic heterocycles. The number of ether oxygens (including phenoxy) is 1. The van der Waals surface area contributed by atoms with Gasteiger partial charge in [-0.2, -0.15) is 0 Å². The Morgan fingerprint density at radius 1 is 1.35 bits per heavy atom. The van der Waals surface area contributed by atoms with E-state index >= 15 is 0 Å². The summed E-state index contributed by atoms with van der Waals surface area (Å²) in [6, 6.07) is 9.81. The third-order valence-corrected chi connectivity index (χ3v) is 3.32. The molecule has 0 aliphatic carbocycles. The molecule has 1 amide bonds. The van der Waals surface area contributed by atoms with E-state index in [9.17, 15) is 4.79 Å². The summed E-state index contributed by atoms with van der Waals surface area (Å²) in [4.78, 5) is 11.8. The van der Waals surface area contributed by atoms with Crippen molar-refractivity contribution in [3.63, 3.8) is 0 Å². The largest absolute Gasteiger partial charge is 0.491 e. The number of hydrogen-bond donors (Lipinski definition) is 1. The molecule has 0 saturated carbocycles. The summed E-state index contributed by atoms with van der Waals surface area (Å²) in [6.07, 6.45) is 0. The molecule has 2 rings (SSSR count). The van der Waals surface area contributed by atoms with E-state index in [1.54, 1.807) is 0 Å². The third-order valence-electron chi connectivity index (χ3n) is 2.34. The van der Waals surface area contributed by atoms with E-state index in [1.165, 1.54) is 11.3 Å². The lowest BCUT2D eigenvalue weighted by Gasteiger charge is -2.06. The zero-order chi connectivity index (χ0) is 12.3. The van der Waals surface area contributed by atoms with Crippen LogP contribution in [0.4, 0.5) is 0 Å². The van der Waals surface area contributed by atoms with Crippen molar-refractivity contribution in [1.29, 1.82) is 0 Å². The highest BCUT2D eigenvalue weighted by atomic mass is 32.1. The Morgan fingerprint density at radius 2 is 2.06 bits per heavy atom. The molecule has 1 aromatic heterocycles. The minimum atomic E-state index is -0.444. The molecule has 17 heavy (non-hydrogen) atoms. The maximum absolute atomic E-state index is 11.3. The lowest BCUT2D eigenvalue weighted by atomic mass is 10.1. The second kappa shape index (κ2) is 5.01. The second-order valence-electron chi connectivity index (χ2n) is 3.47. The van der Waals surface area contributed by atoms with Crippen LogP contribution < -0.4 is 10.5 Å². The van der Waals surface area contributed by atoms with Crippen molar-refractivity contribution < 1.29 is 9.53 Å². The molecule has 0 spiro atoms. The first-order chi connectivity index (χ1) is 8.24. The Morgan fingerprint density at radius 3 is 2.65 bits per heavy atom. The number of carbonyl (C=O) groups excluding carboxylic acids is 1. The van der Waals surface area contributed by atoms with Crippen molar-refractivity contribution >= 4 is 17.2 Å². The summed E-state index contributed by atoms with van der Waals surface area (Å²) >= 11 is 1.32. The van der Waals surface area contributed by atoms with Crippen LogP contribution in [-0.2, 0) is 0 Å². The fourth-order valence-electron chi connectivity index (χ4n) is 1.62. The van der Waals surface area contributed by atoms with Gasteiger partial charge in [0.25, 0.3) is 5.91 Å². The first-order valence-electron chi connectivity index (χ1n) is 5.33. The molecule has 2 aromatic rings. The molecule has 1 aromatic carbocycles. The predicted octanol–water partition coefficient (Wildman–Crippen LogP) is 2.91. The van der Waals surface area contributed by atoms with Crippen LogP contribution in [0, 0.1) is 0 Å². The lowest BCUT2D eigenvalue weighted by molar-refractivity contribution is 0.100. The molecule has 1 heterocycles. The van der Waals surface area contributed by atoms with Gasteiger partial charge in [-0.3, -0.25) is 4.79 Å². The number of rotatable bonds is 4. The van der Waals surface area contributed by atoms with Gasteiger partial charge in [0.15, 0.2) is 5.75 Å². The molecular formula is C13H13NO2S. The molecule has 0 bridgehead atoms. The number of nitrogens with two attached hydrogens (primary N) is 1. The number of benzene rings is 1. The Kier molecular flexibility index (Phi) is 3.44. The van der Waals surface area contributed by atoms with Gasteiger partial charge in [0.1, 0.15) is 4.88 Å². The van der Waals surface area contributed by atoms with Crippen molar-refractivity contribution in [2.24, 2.45) is 5.73 Å². The van der Waals surface area contributed by atoms with Gasteiger partial charge >= 0.3 is 0 Å². The summed E-state index contributed by atoms with van der Waals surface area (Å²) < 4.78 is 5.53. The summed E-state index contributed by atoms with van der Waals surface area (Å²) in [5, 5.41) is 1.90. The first-order valence-corrected chi connectivity index (χ1v) is 6.21. The van der Waals surface area contributed by atoms with Gasteiger partial charge in [0, 0.05) is 10.9 Å². The number of carbonyl (C=O) groups is 1. The Hall–Kier alpha value is -1.81. The normalized spacial score (nSPS) is 10.2. The fourth-order valence-corrected chi connectivity index (χ4v) is 2.49. The zero-order valence-electron chi connectivity index (χ0n) is 9.47. The highest BCUT2D eigenvalue weighted by Crippen LogP contribution is 2.38. The molecule has 88 valence electrons. The maximum atomic E-state index is 11.3. The number of hydrogen-bond acceptors (Lipinski definition) is 3. The van der Waals surface area contributed by atoms with E-state index in [4.69, 9.17) is 10.5 Å². The van der Waals surface area contributed by atoms with Crippen LogP contribution in [0.3, 0.4) is 0 Å². The van der Waals surface area contributed by atoms with Gasteiger partial charge in [0.2, 0.25) is 0 Å². The summed E-state index contributed by atoms with van der Waals surface area (Å²) in [5.74, 6) is 0.150. The standard InChI is InChI=1S/C13H13NO2S/c1-2-16-11-10(8-17-12(11)13(14)15)9-6-4-3-5-7-9/h3-8H,2H2,1H3,(H2,14,15). The van der Waals surface area contributed by atoms with Crippen molar-refractivity contribution in [2.45, 2.75) is 6.92 Å². The Balaban J connectivity index is 2.51. The topological polar surface area (TPSA) is 52.3 Å². The molecule has 0 unspecified atom stereocenters. The van der Waals surface area contributed by atoms with E-state index in [2.05, 4.69) is 0 Å². The first kappa shape index (κ1) is 11.7. The van der Waals surface area contributed by atoms with Crippen LogP contribution in [0.1, 0.15) is 16.6 Å². The van der Waals surface area contributed by atoms with Crippen LogP contribution in [0.25, 0.3) is 11.1 Å². The predicted molar refractivity (Wildman–Crippen MR) is 69.4 cm³/mol. The summed E-state index contributed by atoms with van der Waals surface area (Å²) in [5.41, 5.74) is 7.28. The summed E-state index contributed by atoms with van der Waals surface area (Å²) in [7, 11) is 0. The van der Waals surface area contributed by atoms with Gasteiger partial charge in [-0.25, -0.2) is 0 Å². The highest BCUT2D eigenvalue weighted by Gasteiger charge is 2.17. The van der Waals surface area contributed by atoms with Crippen LogP contribution in [-0.4, -0.2) is 12.5 Å². The molecular weight excluding hydrogens is 234 g/mol. The summed E-state index contributed by atoms with van der Waals surface area (Å²) in [6.45, 7) is 2.40. The minimum Gasteiger partial charge on any atom is -0.491 e. The molecule has 0 aliphatic rings. The van der Waals surface area contributed by atoms with E-state index < -0.39 is 5.91 Å². The van der Waals surface area contributed by atoms with E-state index in [0.29, 0.717) is 17.2 Å². The average Bonchev–Trinajstić information content (AvgIpc) is 2.75. The molecule has 0 radical (unpaired) electrons. The molecule has 3 nitrogen and oxygen atoms in total. The van der Waals surface area contributed by atoms with Crippen molar-refractivity contribution in [3.8, 4) is 16.9 Å². The molecule has 0 atom stereocenters. The van der Waals surface area contributed by atoms with E-state index in [-0.39, 0.29) is 0 Å². The van der Waals surface area contributed by atoms with Crippen LogP contribution in [0.15, 0.2) is 35.7 Å². The van der Waals surface area contributed by atoms with Gasteiger partial charge in [-0.15, -0.1) is 11.3 Å². The average molecular weight is 247 g/mol. The second-order valence-corrected chi connectivity index (χ2v) is 4.35. The van der Waals surface area contributed by atoms with E-state index in [0.717, 1.165) is 11.1 Å². The van der Waals surface area contributed by atoms with Gasteiger partial charge < -0.3 is 10.5 Å². The number of amides is 1. The monoisotopic (exact) mass is 247 g/mol. The van der Waals surface area contributed by atoms with Crippen molar-refractivity contribution in [3.05, 3.63) is 40.6 Å². The fraction of sp³-hybridized carbons (Fsp3) is 0.154. The molecule has 4 heteroatoms. The third kappa shape index (κ3) is 2.31. The lowest BCUT2D eigenvalue weighted by Crippen LogP contribution is -2.10. The Bertz CT molecular complexity index is 519. The van der Waals surface area contributed by atoms with Crippen LogP contribution in [0.2, 0.25) is 0 Å². The minimum absolute atomic E-state index is 0.444. The smallest absolute Gasteiger partial charge is 0.262 e. The molecule has 0 fully saturated rings. The maximum Gasteiger partial charge on any atom is 0.262 e. The quantitative estimate of drug-likeness (QED) is 0.903. The number of primary amides is 1. The Labute approximate surface area is 104 Å². The van der Waals surface area contributed by atoms with Crippen molar-refractivity contribution in [1.82, 2.24) is 0 Å². The SMILES string of the molecule is CCOc1c(-c2ccccc2)csc1C(N)=O. The van der Waals surface area contributed by atoms with Gasteiger partial charge in [-0.1, -0.05) is 30.3 Å². The van der Waals surface area contributed by atoms with Crippen LogP contribution in [0.5, 0.6) is 5.75 Å². The number of thiophene rings is 1. The van der Waals surface area contributed by atoms with Crippen molar-refractivity contribution in [2.75, 3.05) is 6.61 Å². The molecule has 0 saturated heterocycles. The molecule has 2 N–H and O–H groups in total. The van der Waals surface area contributed by atoms with Gasteiger partial charge in [0.05, 0.1) is 6.61 Å². The van der Waals surface area contributed by atoms with Crippen LogP contribution >= 0.6 is 11.3 Å². The zero-order valence-corrected chi connectivity index (χ0v) is 10.3. The van der Waals surface area contributed by atoms with E-state index in [1.807, 2.05) is 42.6 Å². The highest BCUT2D eigenvalue weighted by molar-refractivity contribution is 7.13.